The average molecular weight is 219 g/mol. The summed E-state index contributed by atoms with van der Waals surface area (Å²) >= 11 is 0. The van der Waals surface area contributed by atoms with E-state index in [2.05, 4.69) is 0 Å². The van der Waals surface area contributed by atoms with Crippen molar-refractivity contribution in [2.75, 3.05) is 7.11 Å². The number of phenols is 1. The topological polar surface area (TPSA) is 72.6 Å². The number of rotatable bonds is 2. The molecule has 82 valence electrons. The van der Waals surface area contributed by atoms with Gasteiger partial charge in [0.05, 0.1) is 18.1 Å². The number of methoxy groups -OCH3 is 1. The van der Waals surface area contributed by atoms with Crippen molar-refractivity contribution in [1.82, 2.24) is 0 Å². The van der Waals surface area contributed by atoms with E-state index in [-0.39, 0.29) is 11.4 Å². The molecule has 2 rings (SSSR count). The van der Waals surface area contributed by atoms with Gasteiger partial charge in [0, 0.05) is 10.8 Å². The van der Waals surface area contributed by atoms with Crippen LogP contribution in [0.3, 0.4) is 0 Å². The third-order valence-electron chi connectivity index (χ3n) is 2.37. The summed E-state index contributed by atoms with van der Waals surface area (Å²) in [6.45, 7) is 0. The lowest BCUT2D eigenvalue weighted by atomic mass is 10.1. The minimum absolute atomic E-state index is 0.332. The second kappa shape index (κ2) is 3.69. The fourth-order valence-corrected chi connectivity index (χ4v) is 1.62. The Morgan fingerprint density at radius 2 is 1.94 bits per heavy atom. The molecule has 0 aromatic heterocycles. The maximum atomic E-state index is 10.7. The van der Waals surface area contributed by atoms with Crippen molar-refractivity contribution < 1.29 is 14.8 Å². The lowest BCUT2D eigenvalue weighted by Crippen LogP contribution is -1.92. The summed E-state index contributed by atoms with van der Waals surface area (Å²) in [6.07, 6.45) is 0. The van der Waals surface area contributed by atoms with Gasteiger partial charge in [-0.3, -0.25) is 10.1 Å². The van der Waals surface area contributed by atoms with Crippen molar-refractivity contribution in [3.63, 3.8) is 0 Å². The molecule has 0 atom stereocenters. The zero-order valence-electron chi connectivity index (χ0n) is 8.51. The second-order valence-corrected chi connectivity index (χ2v) is 3.25. The Hall–Kier alpha value is -2.30. The number of nitro groups is 1. The minimum Gasteiger partial charge on any atom is -0.502 e. The van der Waals surface area contributed by atoms with Crippen molar-refractivity contribution in [1.29, 1.82) is 0 Å². The number of ether oxygens (including phenoxy) is 1. The molecule has 0 fully saturated rings. The predicted molar refractivity (Wildman–Crippen MR) is 58.8 cm³/mol. The standard InChI is InChI=1S/C11H9NO4/c1-16-10-6-9(12(14)15)11(13)8-5-3-2-4-7(8)10/h2-6,13H,1H3. The van der Waals surface area contributed by atoms with E-state index in [1.54, 1.807) is 24.3 Å². The number of nitrogens with zero attached hydrogens (tertiary/aromatic N) is 1. The highest BCUT2D eigenvalue weighted by atomic mass is 16.6. The molecule has 0 aliphatic carbocycles. The summed E-state index contributed by atoms with van der Waals surface area (Å²) in [7, 11) is 1.43. The lowest BCUT2D eigenvalue weighted by Gasteiger charge is -2.07. The summed E-state index contributed by atoms with van der Waals surface area (Å²) in [5.41, 5.74) is -0.351. The van der Waals surface area contributed by atoms with Crippen LogP contribution in [-0.4, -0.2) is 17.1 Å². The fourth-order valence-electron chi connectivity index (χ4n) is 1.62. The first kappa shape index (κ1) is 10.2. The fraction of sp³-hybridized carbons (Fsp3) is 0.0909. The summed E-state index contributed by atoms with van der Waals surface area (Å²) in [5, 5.41) is 21.5. The van der Waals surface area contributed by atoms with E-state index >= 15 is 0 Å². The Bertz CT molecular complexity index is 565. The molecule has 0 heterocycles. The van der Waals surface area contributed by atoms with Crippen molar-refractivity contribution in [3.05, 3.63) is 40.4 Å². The molecular formula is C11H9NO4. The molecule has 0 saturated heterocycles. The van der Waals surface area contributed by atoms with Crippen LogP contribution < -0.4 is 4.74 Å². The van der Waals surface area contributed by atoms with E-state index in [9.17, 15) is 15.2 Å². The van der Waals surface area contributed by atoms with Gasteiger partial charge in [0.15, 0.2) is 0 Å². The molecule has 16 heavy (non-hydrogen) atoms. The van der Waals surface area contributed by atoms with Crippen molar-refractivity contribution in [3.8, 4) is 11.5 Å². The third-order valence-corrected chi connectivity index (χ3v) is 2.37. The van der Waals surface area contributed by atoms with Crippen molar-refractivity contribution in [2.24, 2.45) is 0 Å². The van der Waals surface area contributed by atoms with E-state index in [1.807, 2.05) is 0 Å². The van der Waals surface area contributed by atoms with Gasteiger partial charge in [-0.1, -0.05) is 24.3 Å². The Kier molecular flexibility index (Phi) is 2.36. The number of phenolic OH excluding ortho intramolecular Hbond substituents is 1. The molecule has 0 aliphatic rings. The summed E-state index contributed by atoms with van der Waals surface area (Å²) in [6, 6.07) is 8.04. The molecule has 5 heteroatoms. The number of nitro benzene ring substituents is 1. The third kappa shape index (κ3) is 1.42. The Morgan fingerprint density at radius 1 is 1.31 bits per heavy atom. The zero-order valence-corrected chi connectivity index (χ0v) is 8.51. The largest absolute Gasteiger partial charge is 0.502 e. The Labute approximate surface area is 91.0 Å². The van der Waals surface area contributed by atoms with Crippen LogP contribution in [0.25, 0.3) is 10.8 Å². The predicted octanol–water partition coefficient (Wildman–Crippen LogP) is 2.46. The van der Waals surface area contributed by atoms with Gasteiger partial charge in [0.1, 0.15) is 5.75 Å². The molecule has 0 radical (unpaired) electrons. The van der Waals surface area contributed by atoms with E-state index in [0.717, 1.165) is 0 Å². The van der Waals surface area contributed by atoms with Gasteiger partial charge in [0.25, 0.3) is 0 Å². The number of aromatic hydroxyl groups is 1. The second-order valence-electron chi connectivity index (χ2n) is 3.25. The van der Waals surface area contributed by atoms with Crippen LogP contribution in [0.2, 0.25) is 0 Å². The van der Waals surface area contributed by atoms with Crippen LogP contribution in [0.15, 0.2) is 30.3 Å². The minimum atomic E-state index is -0.635. The van der Waals surface area contributed by atoms with Crippen molar-refractivity contribution in [2.45, 2.75) is 0 Å². The van der Waals surface area contributed by atoms with Crippen LogP contribution in [0.5, 0.6) is 11.5 Å². The molecule has 0 aliphatic heterocycles. The molecule has 0 spiro atoms. The molecule has 5 nitrogen and oxygen atoms in total. The molecule has 0 saturated carbocycles. The monoisotopic (exact) mass is 219 g/mol. The van der Waals surface area contributed by atoms with Crippen molar-refractivity contribution >= 4 is 16.5 Å². The number of hydrogen-bond donors (Lipinski definition) is 1. The summed E-state index contributed by atoms with van der Waals surface area (Å²) in [4.78, 5) is 10.1. The van der Waals surface area contributed by atoms with Gasteiger partial charge in [-0.15, -0.1) is 0 Å². The van der Waals surface area contributed by atoms with E-state index in [0.29, 0.717) is 16.5 Å². The number of benzene rings is 2. The lowest BCUT2D eigenvalue weighted by molar-refractivity contribution is -0.385. The van der Waals surface area contributed by atoms with E-state index in [4.69, 9.17) is 4.74 Å². The molecule has 1 N–H and O–H groups in total. The summed E-state index contributed by atoms with van der Waals surface area (Å²) in [5.74, 6) is 0.0431. The van der Waals surface area contributed by atoms with Crippen LogP contribution in [0, 0.1) is 10.1 Å². The molecular weight excluding hydrogens is 210 g/mol. The average Bonchev–Trinajstić information content (AvgIpc) is 2.29. The van der Waals surface area contributed by atoms with Gasteiger partial charge < -0.3 is 9.84 Å². The van der Waals surface area contributed by atoms with Gasteiger partial charge in [-0.25, -0.2) is 0 Å². The first-order valence-electron chi connectivity index (χ1n) is 4.58. The quantitative estimate of drug-likeness (QED) is 0.622. The first-order valence-corrected chi connectivity index (χ1v) is 4.58. The normalized spacial score (nSPS) is 10.3. The van der Waals surface area contributed by atoms with Crippen LogP contribution in [0.1, 0.15) is 0 Å². The number of fused-ring (bicyclic) bond motifs is 1. The highest BCUT2D eigenvalue weighted by Gasteiger charge is 2.19. The molecule has 2 aromatic rings. The van der Waals surface area contributed by atoms with Gasteiger partial charge in [-0.05, 0) is 0 Å². The Morgan fingerprint density at radius 3 is 2.50 bits per heavy atom. The van der Waals surface area contributed by atoms with Crippen LogP contribution in [0.4, 0.5) is 5.69 Å². The molecule has 0 amide bonds. The number of hydrogen-bond acceptors (Lipinski definition) is 4. The Balaban J connectivity index is 2.88. The molecule has 0 bridgehead atoms. The van der Waals surface area contributed by atoms with Crippen LogP contribution in [-0.2, 0) is 0 Å². The van der Waals surface area contributed by atoms with E-state index in [1.165, 1.54) is 13.2 Å². The SMILES string of the molecule is COc1cc([N+](=O)[O-])c(O)c2ccccc12. The van der Waals surface area contributed by atoms with Gasteiger partial charge in [0.2, 0.25) is 5.75 Å². The van der Waals surface area contributed by atoms with Gasteiger partial charge >= 0.3 is 5.69 Å². The highest BCUT2D eigenvalue weighted by Crippen LogP contribution is 2.39. The smallest absolute Gasteiger partial charge is 0.315 e. The maximum absolute atomic E-state index is 10.7. The molecule has 0 unspecified atom stereocenters. The van der Waals surface area contributed by atoms with E-state index < -0.39 is 4.92 Å². The van der Waals surface area contributed by atoms with Gasteiger partial charge in [-0.2, -0.15) is 0 Å². The first-order chi connectivity index (χ1) is 7.65. The molecule has 2 aromatic carbocycles. The highest BCUT2D eigenvalue weighted by molar-refractivity contribution is 5.96. The maximum Gasteiger partial charge on any atom is 0.315 e. The van der Waals surface area contributed by atoms with Crippen LogP contribution >= 0.6 is 0 Å². The zero-order chi connectivity index (χ0) is 11.7. The summed E-state index contributed by atoms with van der Waals surface area (Å²) < 4.78 is 5.06.